The van der Waals surface area contributed by atoms with Gasteiger partial charge in [-0.15, -0.1) is 11.3 Å². The van der Waals surface area contributed by atoms with E-state index in [2.05, 4.69) is 22.2 Å². The summed E-state index contributed by atoms with van der Waals surface area (Å²) in [6.45, 7) is 0. The zero-order chi connectivity index (χ0) is 13.5. The molecule has 0 radical (unpaired) electrons. The summed E-state index contributed by atoms with van der Waals surface area (Å²) in [6.07, 6.45) is 6.18. The smallest absolute Gasteiger partial charge is 0.109 e. The number of benzene rings is 1. The summed E-state index contributed by atoms with van der Waals surface area (Å²) in [5.41, 5.74) is 2.52. The van der Waals surface area contributed by atoms with Gasteiger partial charge in [0.2, 0.25) is 0 Å². The number of nitrogens with zero attached hydrogens (tertiary/aromatic N) is 3. The third-order valence-corrected chi connectivity index (χ3v) is 4.43. The lowest BCUT2D eigenvalue weighted by atomic mass is 10.0. The van der Waals surface area contributed by atoms with Gasteiger partial charge in [-0.2, -0.15) is 5.10 Å². The van der Waals surface area contributed by atoms with E-state index in [-0.39, 0.29) is 0 Å². The van der Waals surface area contributed by atoms with Gasteiger partial charge in [-0.25, -0.2) is 4.52 Å². The van der Waals surface area contributed by atoms with Crippen LogP contribution in [0.25, 0.3) is 15.6 Å². The van der Waals surface area contributed by atoms with Crippen LogP contribution >= 0.6 is 11.3 Å². The first kappa shape index (κ1) is 11.6. The van der Waals surface area contributed by atoms with Crippen LogP contribution in [0.4, 0.5) is 0 Å². The standard InChI is InChI=1S/C15H11N3OS/c19-14(11-3-1-2-10-4-7-20-15(10)11)12-8-17-18-6-5-16-9-13(12)18/h1-9,14,19H. The second-order valence-corrected chi connectivity index (χ2v) is 5.51. The average molecular weight is 281 g/mol. The number of hydrogen-bond donors (Lipinski definition) is 1. The third-order valence-electron chi connectivity index (χ3n) is 3.45. The Balaban J connectivity index is 1.92. The van der Waals surface area contributed by atoms with Gasteiger partial charge in [-0.05, 0) is 16.8 Å². The Morgan fingerprint density at radius 3 is 3.05 bits per heavy atom. The highest BCUT2D eigenvalue weighted by Crippen LogP contribution is 2.33. The molecule has 98 valence electrons. The second-order valence-electron chi connectivity index (χ2n) is 4.59. The minimum absolute atomic E-state index is 0.695. The van der Waals surface area contributed by atoms with Crippen molar-refractivity contribution in [3.8, 4) is 0 Å². The van der Waals surface area contributed by atoms with E-state index in [9.17, 15) is 5.11 Å². The predicted molar refractivity (Wildman–Crippen MR) is 78.9 cm³/mol. The zero-order valence-electron chi connectivity index (χ0n) is 10.5. The van der Waals surface area contributed by atoms with Crippen molar-refractivity contribution in [1.82, 2.24) is 14.6 Å². The van der Waals surface area contributed by atoms with Gasteiger partial charge in [0.15, 0.2) is 0 Å². The van der Waals surface area contributed by atoms with Crippen LogP contribution in [0.5, 0.6) is 0 Å². The van der Waals surface area contributed by atoms with Crippen LogP contribution in [0.2, 0.25) is 0 Å². The maximum absolute atomic E-state index is 10.7. The predicted octanol–water partition coefficient (Wildman–Crippen LogP) is 3.03. The van der Waals surface area contributed by atoms with Crippen LogP contribution in [0, 0.1) is 0 Å². The summed E-state index contributed by atoms with van der Waals surface area (Å²) in [4.78, 5) is 4.10. The molecule has 4 rings (SSSR count). The van der Waals surface area contributed by atoms with Crippen molar-refractivity contribution >= 4 is 26.9 Å². The van der Waals surface area contributed by atoms with Crippen molar-refractivity contribution in [2.45, 2.75) is 6.10 Å². The van der Waals surface area contributed by atoms with Gasteiger partial charge < -0.3 is 5.11 Å². The molecule has 3 aromatic heterocycles. The SMILES string of the molecule is OC(c1cccc2ccsc12)c1cnn2ccncc12. The molecule has 5 heteroatoms. The van der Waals surface area contributed by atoms with Gasteiger partial charge in [0.05, 0.1) is 17.9 Å². The first-order valence-corrected chi connectivity index (χ1v) is 7.14. The molecule has 1 atom stereocenters. The van der Waals surface area contributed by atoms with Crippen molar-refractivity contribution in [2.24, 2.45) is 0 Å². The Bertz CT molecular complexity index is 896. The highest BCUT2D eigenvalue weighted by Gasteiger charge is 2.18. The number of thiophene rings is 1. The van der Waals surface area contributed by atoms with E-state index in [1.807, 2.05) is 17.5 Å². The lowest BCUT2D eigenvalue weighted by Crippen LogP contribution is -1.99. The molecule has 1 unspecified atom stereocenters. The van der Waals surface area contributed by atoms with Crippen LogP contribution < -0.4 is 0 Å². The fourth-order valence-corrected chi connectivity index (χ4v) is 3.40. The van der Waals surface area contributed by atoms with Crippen LogP contribution in [-0.2, 0) is 0 Å². The van der Waals surface area contributed by atoms with Gasteiger partial charge in [0.25, 0.3) is 0 Å². The number of aliphatic hydroxyl groups is 1. The lowest BCUT2D eigenvalue weighted by molar-refractivity contribution is 0.223. The van der Waals surface area contributed by atoms with E-state index in [0.717, 1.165) is 26.7 Å². The van der Waals surface area contributed by atoms with Crippen molar-refractivity contribution in [3.05, 3.63) is 65.6 Å². The molecule has 20 heavy (non-hydrogen) atoms. The van der Waals surface area contributed by atoms with Gasteiger partial charge in [-0.3, -0.25) is 4.98 Å². The fraction of sp³-hybridized carbons (Fsp3) is 0.0667. The molecule has 0 spiro atoms. The second kappa shape index (κ2) is 4.40. The summed E-state index contributed by atoms with van der Waals surface area (Å²) >= 11 is 1.64. The largest absolute Gasteiger partial charge is 0.383 e. The van der Waals surface area contributed by atoms with Gasteiger partial charge >= 0.3 is 0 Å². The monoisotopic (exact) mass is 281 g/mol. The summed E-state index contributed by atoms with van der Waals surface area (Å²) in [6, 6.07) is 8.05. The third kappa shape index (κ3) is 1.64. The molecule has 0 aliphatic carbocycles. The van der Waals surface area contributed by atoms with Crippen LogP contribution in [0.1, 0.15) is 17.2 Å². The Labute approximate surface area is 118 Å². The molecule has 0 aliphatic heterocycles. The molecule has 1 aromatic carbocycles. The highest BCUT2D eigenvalue weighted by atomic mass is 32.1. The average Bonchev–Trinajstić information content (AvgIpc) is 3.12. The first-order valence-electron chi connectivity index (χ1n) is 6.26. The van der Waals surface area contributed by atoms with Gasteiger partial charge in [0.1, 0.15) is 6.10 Å². The van der Waals surface area contributed by atoms with Crippen molar-refractivity contribution in [3.63, 3.8) is 0 Å². The van der Waals surface area contributed by atoms with Crippen LogP contribution in [0.15, 0.2) is 54.4 Å². The molecule has 4 nitrogen and oxygen atoms in total. The zero-order valence-corrected chi connectivity index (χ0v) is 11.3. The highest BCUT2D eigenvalue weighted by molar-refractivity contribution is 7.17. The number of hydrogen-bond acceptors (Lipinski definition) is 4. The summed E-state index contributed by atoms with van der Waals surface area (Å²) in [5, 5.41) is 18.2. The molecule has 0 aliphatic rings. The summed E-state index contributed by atoms with van der Waals surface area (Å²) < 4.78 is 2.84. The Hall–Kier alpha value is -2.24. The molecule has 1 N–H and O–H groups in total. The number of aliphatic hydroxyl groups excluding tert-OH is 1. The molecular formula is C15H11N3OS. The van der Waals surface area contributed by atoms with E-state index >= 15 is 0 Å². The lowest BCUT2D eigenvalue weighted by Gasteiger charge is -2.10. The van der Waals surface area contributed by atoms with Crippen LogP contribution in [0.3, 0.4) is 0 Å². The minimum atomic E-state index is -0.695. The van der Waals surface area contributed by atoms with Gasteiger partial charge in [-0.1, -0.05) is 18.2 Å². The minimum Gasteiger partial charge on any atom is -0.383 e. The normalized spacial score (nSPS) is 13.1. The molecular weight excluding hydrogens is 270 g/mol. The Kier molecular flexibility index (Phi) is 2.55. The van der Waals surface area contributed by atoms with E-state index < -0.39 is 6.10 Å². The maximum atomic E-state index is 10.7. The molecule has 0 bridgehead atoms. The molecule has 0 saturated carbocycles. The van der Waals surface area contributed by atoms with Crippen molar-refractivity contribution in [1.29, 1.82) is 0 Å². The van der Waals surface area contributed by atoms with Gasteiger partial charge in [0, 0.05) is 28.2 Å². The molecule has 0 amide bonds. The maximum Gasteiger partial charge on any atom is 0.109 e. The van der Waals surface area contributed by atoms with Crippen LogP contribution in [-0.4, -0.2) is 19.7 Å². The van der Waals surface area contributed by atoms with Crippen molar-refractivity contribution in [2.75, 3.05) is 0 Å². The summed E-state index contributed by atoms with van der Waals surface area (Å²) in [5.74, 6) is 0. The Morgan fingerprint density at radius 1 is 1.15 bits per heavy atom. The topological polar surface area (TPSA) is 50.4 Å². The molecule has 0 saturated heterocycles. The number of aromatic nitrogens is 3. The van der Waals surface area contributed by atoms with E-state index in [4.69, 9.17) is 0 Å². The molecule has 4 aromatic rings. The quantitative estimate of drug-likeness (QED) is 0.614. The summed E-state index contributed by atoms with van der Waals surface area (Å²) in [7, 11) is 0. The first-order chi connectivity index (χ1) is 9.84. The Morgan fingerprint density at radius 2 is 2.10 bits per heavy atom. The number of fused-ring (bicyclic) bond motifs is 2. The molecule has 0 fully saturated rings. The fourth-order valence-electron chi connectivity index (χ4n) is 2.46. The molecule has 3 heterocycles. The van der Waals surface area contributed by atoms with E-state index in [1.54, 1.807) is 40.6 Å². The number of rotatable bonds is 2. The van der Waals surface area contributed by atoms with E-state index in [1.165, 1.54) is 0 Å². The van der Waals surface area contributed by atoms with Crippen molar-refractivity contribution < 1.29 is 5.11 Å². The van der Waals surface area contributed by atoms with E-state index in [0.29, 0.717) is 0 Å².